The van der Waals surface area contributed by atoms with Gasteiger partial charge < -0.3 is 15.2 Å². The van der Waals surface area contributed by atoms with Gasteiger partial charge in [-0.05, 0) is 30.2 Å². The van der Waals surface area contributed by atoms with Crippen molar-refractivity contribution >= 4 is 0 Å². The van der Waals surface area contributed by atoms with E-state index in [1.165, 1.54) is 0 Å². The molecule has 2 aromatic rings. The molecule has 0 spiro atoms. The van der Waals surface area contributed by atoms with Crippen LogP contribution >= 0.6 is 0 Å². The summed E-state index contributed by atoms with van der Waals surface area (Å²) in [7, 11) is 3.26. The standard InChI is InChI=1S/C15H18N2O2/c1-10-4-5-13(14(6-10)19-3)15(16)11-7-12(18-2)9-17-8-11/h4-9,15H,16H2,1-3H3. The van der Waals surface area contributed by atoms with Gasteiger partial charge in [0.25, 0.3) is 0 Å². The van der Waals surface area contributed by atoms with Gasteiger partial charge in [0.15, 0.2) is 0 Å². The molecular formula is C15H18N2O2. The molecule has 4 heteroatoms. The van der Waals surface area contributed by atoms with Crippen molar-refractivity contribution in [1.82, 2.24) is 4.98 Å². The van der Waals surface area contributed by atoms with Gasteiger partial charge in [0.1, 0.15) is 11.5 Å². The third-order valence-electron chi connectivity index (χ3n) is 3.05. The number of aryl methyl sites for hydroxylation is 1. The molecule has 0 saturated heterocycles. The highest BCUT2D eigenvalue weighted by atomic mass is 16.5. The summed E-state index contributed by atoms with van der Waals surface area (Å²) in [6.45, 7) is 2.02. The van der Waals surface area contributed by atoms with Crippen LogP contribution in [0.3, 0.4) is 0 Å². The van der Waals surface area contributed by atoms with Crippen LogP contribution in [0.1, 0.15) is 22.7 Å². The van der Waals surface area contributed by atoms with Gasteiger partial charge in [-0.25, -0.2) is 0 Å². The molecule has 0 aliphatic rings. The van der Waals surface area contributed by atoms with Crippen LogP contribution in [0, 0.1) is 6.92 Å². The number of rotatable bonds is 4. The van der Waals surface area contributed by atoms with Gasteiger partial charge in [-0.3, -0.25) is 4.98 Å². The minimum absolute atomic E-state index is 0.293. The highest BCUT2D eigenvalue weighted by molar-refractivity contribution is 5.43. The van der Waals surface area contributed by atoms with Gasteiger partial charge in [0, 0.05) is 11.8 Å². The molecule has 1 unspecified atom stereocenters. The molecule has 0 amide bonds. The van der Waals surface area contributed by atoms with Crippen molar-refractivity contribution in [3.05, 3.63) is 53.3 Å². The van der Waals surface area contributed by atoms with E-state index in [1.807, 2.05) is 31.2 Å². The lowest BCUT2D eigenvalue weighted by molar-refractivity contribution is 0.406. The molecule has 2 rings (SSSR count). The number of methoxy groups -OCH3 is 2. The molecule has 1 atom stereocenters. The first-order valence-corrected chi connectivity index (χ1v) is 6.04. The molecule has 4 nitrogen and oxygen atoms in total. The molecule has 100 valence electrons. The van der Waals surface area contributed by atoms with E-state index in [2.05, 4.69) is 4.98 Å². The third-order valence-corrected chi connectivity index (χ3v) is 3.05. The van der Waals surface area contributed by atoms with Crippen molar-refractivity contribution in [2.75, 3.05) is 14.2 Å². The van der Waals surface area contributed by atoms with Crippen LogP contribution in [-0.4, -0.2) is 19.2 Å². The number of nitrogens with zero attached hydrogens (tertiary/aromatic N) is 1. The van der Waals surface area contributed by atoms with Crippen LogP contribution < -0.4 is 15.2 Å². The van der Waals surface area contributed by atoms with Crippen molar-refractivity contribution in [2.24, 2.45) is 5.73 Å². The molecule has 1 heterocycles. The fourth-order valence-electron chi connectivity index (χ4n) is 1.97. The molecule has 1 aromatic heterocycles. The van der Waals surface area contributed by atoms with Crippen LogP contribution in [0.25, 0.3) is 0 Å². The molecule has 19 heavy (non-hydrogen) atoms. The Bertz CT molecular complexity index is 570. The van der Waals surface area contributed by atoms with E-state index in [-0.39, 0.29) is 6.04 Å². The Balaban J connectivity index is 2.40. The van der Waals surface area contributed by atoms with Crippen LogP contribution in [0.2, 0.25) is 0 Å². The molecule has 0 aliphatic heterocycles. The van der Waals surface area contributed by atoms with Gasteiger partial charge in [0.05, 0.1) is 26.5 Å². The molecule has 0 aliphatic carbocycles. The van der Waals surface area contributed by atoms with Crippen LogP contribution in [0.5, 0.6) is 11.5 Å². The SMILES string of the molecule is COc1cncc(C(N)c2ccc(C)cc2OC)c1. The largest absolute Gasteiger partial charge is 0.496 e. The zero-order valence-electron chi connectivity index (χ0n) is 11.4. The van der Waals surface area contributed by atoms with E-state index in [0.29, 0.717) is 5.75 Å². The van der Waals surface area contributed by atoms with Crippen LogP contribution in [-0.2, 0) is 0 Å². The lowest BCUT2D eigenvalue weighted by Gasteiger charge is -2.17. The van der Waals surface area contributed by atoms with E-state index in [4.69, 9.17) is 15.2 Å². The topological polar surface area (TPSA) is 57.4 Å². The summed E-state index contributed by atoms with van der Waals surface area (Å²) in [4.78, 5) is 4.13. The second kappa shape index (κ2) is 5.71. The normalized spacial score (nSPS) is 12.0. The highest BCUT2D eigenvalue weighted by Crippen LogP contribution is 2.29. The molecule has 1 aromatic carbocycles. The zero-order valence-corrected chi connectivity index (χ0v) is 11.4. The minimum atomic E-state index is -0.293. The monoisotopic (exact) mass is 258 g/mol. The van der Waals surface area contributed by atoms with Crippen LogP contribution in [0.15, 0.2) is 36.7 Å². The van der Waals surface area contributed by atoms with Crippen molar-refractivity contribution in [3.8, 4) is 11.5 Å². The maximum atomic E-state index is 6.29. The Labute approximate surface area is 113 Å². The summed E-state index contributed by atoms with van der Waals surface area (Å²) >= 11 is 0. The van der Waals surface area contributed by atoms with Gasteiger partial charge >= 0.3 is 0 Å². The van der Waals surface area contributed by atoms with E-state index in [9.17, 15) is 0 Å². The molecule has 0 bridgehead atoms. The smallest absolute Gasteiger partial charge is 0.137 e. The summed E-state index contributed by atoms with van der Waals surface area (Å²) in [6, 6.07) is 7.57. The average Bonchev–Trinajstić information content (AvgIpc) is 2.46. The number of ether oxygens (including phenoxy) is 2. The fourth-order valence-corrected chi connectivity index (χ4v) is 1.97. The van der Waals surface area contributed by atoms with Crippen LogP contribution in [0.4, 0.5) is 0 Å². The summed E-state index contributed by atoms with van der Waals surface area (Å²) < 4.78 is 10.6. The van der Waals surface area contributed by atoms with Crippen molar-refractivity contribution in [3.63, 3.8) is 0 Å². The second-order valence-electron chi connectivity index (χ2n) is 4.38. The Hall–Kier alpha value is -2.07. The number of aromatic nitrogens is 1. The summed E-state index contributed by atoms with van der Waals surface area (Å²) in [5, 5.41) is 0. The summed E-state index contributed by atoms with van der Waals surface area (Å²) in [5.74, 6) is 1.48. The van der Waals surface area contributed by atoms with E-state index in [1.54, 1.807) is 26.6 Å². The molecule has 0 fully saturated rings. The number of hydrogen-bond donors (Lipinski definition) is 1. The maximum Gasteiger partial charge on any atom is 0.137 e. The van der Waals surface area contributed by atoms with E-state index >= 15 is 0 Å². The van der Waals surface area contributed by atoms with Gasteiger partial charge in [-0.1, -0.05) is 12.1 Å². The molecule has 2 N–H and O–H groups in total. The Morgan fingerprint density at radius 2 is 1.89 bits per heavy atom. The Morgan fingerprint density at radius 3 is 2.58 bits per heavy atom. The average molecular weight is 258 g/mol. The lowest BCUT2D eigenvalue weighted by Crippen LogP contribution is -2.13. The van der Waals surface area contributed by atoms with Gasteiger partial charge in [-0.2, -0.15) is 0 Å². The van der Waals surface area contributed by atoms with E-state index in [0.717, 1.165) is 22.4 Å². The predicted molar refractivity (Wildman–Crippen MR) is 74.6 cm³/mol. The number of nitrogens with two attached hydrogens (primary N) is 1. The molecule has 0 saturated carbocycles. The number of benzene rings is 1. The number of hydrogen-bond acceptors (Lipinski definition) is 4. The first-order chi connectivity index (χ1) is 9.15. The van der Waals surface area contributed by atoms with Gasteiger partial charge in [0.2, 0.25) is 0 Å². The summed E-state index contributed by atoms with van der Waals surface area (Å²) in [6.07, 6.45) is 3.40. The zero-order chi connectivity index (χ0) is 13.8. The fraction of sp³-hybridized carbons (Fsp3) is 0.267. The molecule has 0 radical (unpaired) electrons. The summed E-state index contributed by atoms with van der Waals surface area (Å²) in [5.41, 5.74) is 9.25. The molecular weight excluding hydrogens is 240 g/mol. The maximum absolute atomic E-state index is 6.29. The number of pyridine rings is 1. The third kappa shape index (κ3) is 2.85. The van der Waals surface area contributed by atoms with E-state index < -0.39 is 0 Å². The first kappa shape index (κ1) is 13.4. The highest BCUT2D eigenvalue weighted by Gasteiger charge is 2.15. The van der Waals surface area contributed by atoms with Gasteiger partial charge in [-0.15, -0.1) is 0 Å². The lowest BCUT2D eigenvalue weighted by atomic mass is 9.99. The Morgan fingerprint density at radius 1 is 1.11 bits per heavy atom. The minimum Gasteiger partial charge on any atom is -0.496 e. The Kier molecular flexibility index (Phi) is 4.02. The first-order valence-electron chi connectivity index (χ1n) is 6.04. The quantitative estimate of drug-likeness (QED) is 0.915. The van der Waals surface area contributed by atoms with Crippen molar-refractivity contribution < 1.29 is 9.47 Å². The second-order valence-corrected chi connectivity index (χ2v) is 4.38. The van der Waals surface area contributed by atoms with Crippen molar-refractivity contribution in [2.45, 2.75) is 13.0 Å². The van der Waals surface area contributed by atoms with Crippen molar-refractivity contribution in [1.29, 1.82) is 0 Å². The predicted octanol–water partition coefficient (Wildman–Crippen LogP) is 2.46.